The first kappa shape index (κ1) is 12.2. The van der Waals surface area contributed by atoms with Crippen LogP contribution >= 0.6 is 11.6 Å². The van der Waals surface area contributed by atoms with Crippen LogP contribution in [0, 0.1) is 0 Å². The summed E-state index contributed by atoms with van der Waals surface area (Å²) in [6.07, 6.45) is 0.838. The van der Waals surface area contributed by atoms with E-state index in [0.717, 1.165) is 28.6 Å². The topological polar surface area (TPSA) is 52.0 Å². The Bertz CT molecular complexity index is 721. The number of nitrogens with two attached hydrogens (primary N) is 1. The van der Waals surface area contributed by atoms with Gasteiger partial charge in [-0.3, -0.25) is 0 Å². The Morgan fingerprint density at radius 1 is 1.16 bits per heavy atom. The van der Waals surface area contributed by atoms with Crippen LogP contribution < -0.4 is 5.73 Å². The van der Waals surface area contributed by atoms with Gasteiger partial charge in [-0.05, 0) is 42.8 Å². The molecule has 3 rings (SSSR count). The van der Waals surface area contributed by atoms with E-state index in [9.17, 15) is 0 Å². The molecule has 0 spiro atoms. The summed E-state index contributed by atoms with van der Waals surface area (Å²) in [6.45, 7) is 0.626. The predicted molar refractivity (Wildman–Crippen MR) is 77.2 cm³/mol. The van der Waals surface area contributed by atoms with Gasteiger partial charge < -0.3 is 10.2 Å². The SMILES string of the molecule is NCCc1ccc2oc(-c3ccccc3Cl)nc2c1. The molecule has 1 heterocycles. The quantitative estimate of drug-likeness (QED) is 0.792. The molecular formula is C15H13ClN2O. The monoisotopic (exact) mass is 272 g/mol. The molecule has 0 radical (unpaired) electrons. The summed E-state index contributed by atoms with van der Waals surface area (Å²) < 4.78 is 5.74. The molecule has 3 nitrogen and oxygen atoms in total. The maximum absolute atomic E-state index is 6.15. The molecule has 1 aromatic heterocycles. The molecule has 2 aromatic carbocycles. The van der Waals surface area contributed by atoms with E-state index in [1.165, 1.54) is 0 Å². The zero-order chi connectivity index (χ0) is 13.2. The molecule has 0 saturated carbocycles. The summed E-state index contributed by atoms with van der Waals surface area (Å²) in [4.78, 5) is 4.49. The largest absolute Gasteiger partial charge is 0.436 e. The molecular weight excluding hydrogens is 260 g/mol. The summed E-state index contributed by atoms with van der Waals surface area (Å²) in [5, 5.41) is 0.635. The lowest BCUT2D eigenvalue weighted by molar-refractivity contribution is 0.620. The molecule has 0 aliphatic rings. The summed E-state index contributed by atoms with van der Waals surface area (Å²) in [5.74, 6) is 0.547. The minimum atomic E-state index is 0.547. The van der Waals surface area contributed by atoms with Gasteiger partial charge in [0.1, 0.15) is 5.52 Å². The lowest BCUT2D eigenvalue weighted by Gasteiger charge is -1.96. The van der Waals surface area contributed by atoms with Crippen LogP contribution in [0.15, 0.2) is 46.9 Å². The van der Waals surface area contributed by atoms with E-state index in [2.05, 4.69) is 4.98 Å². The third kappa shape index (κ3) is 2.35. The van der Waals surface area contributed by atoms with Crippen molar-refractivity contribution in [3.63, 3.8) is 0 Å². The molecule has 0 aliphatic heterocycles. The Morgan fingerprint density at radius 2 is 2.00 bits per heavy atom. The second-order valence-corrected chi connectivity index (χ2v) is 4.75. The first-order valence-electron chi connectivity index (χ1n) is 6.12. The molecule has 3 aromatic rings. The molecule has 0 bridgehead atoms. The number of hydrogen-bond acceptors (Lipinski definition) is 3. The lowest BCUT2D eigenvalue weighted by Crippen LogP contribution is -2.02. The maximum atomic E-state index is 6.15. The molecule has 0 aliphatic carbocycles. The highest BCUT2D eigenvalue weighted by molar-refractivity contribution is 6.33. The van der Waals surface area contributed by atoms with Gasteiger partial charge in [0.15, 0.2) is 5.58 Å². The van der Waals surface area contributed by atoms with E-state index in [0.29, 0.717) is 17.5 Å². The zero-order valence-electron chi connectivity index (χ0n) is 10.3. The fraction of sp³-hybridized carbons (Fsp3) is 0.133. The van der Waals surface area contributed by atoms with E-state index >= 15 is 0 Å². The van der Waals surface area contributed by atoms with Gasteiger partial charge in [-0.15, -0.1) is 0 Å². The molecule has 19 heavy (non-hydrogen) atoms. The van der Waals surface area contributed by atoms with Crippen LogP contribution in [0.4, 0.5) is 0 Å². The summed E-state index contributed by atoms with van der Waals surface area (Å²) in [7, 11) is 0. The van der Waals surface area contributed by atoms with Crippen molar-refractivity contribution in [2.75, 3.05) is 6.54 Å². The summed E-state index contributed by atoms with van der Waals surface area (Å²) in [5.41, 5.74) is 9.12. The van der Waals surface area contributed by atoms with Gasteiger partial charge in [-0.1, -0.05) is 29.8 Å². The second kappa shape index (κ2) is 5.03. The number of halogens is 1. The Labute approximate surface area is 116 Å². The average molecular weight is 273 g/mol. The van der Waals surface area contributed by atoms with Gasteiger partial charge in [-0.2, -0.15) is 0 Å². The van der Waals surface area contributed by atoms with Gasteiger partial charge in [0.25, 0.3) is 0 Å². The Morgan fingerprint density at radius 3 is 2.79 bits per heavy atom. The molecule has 2 N–H and O–H groups in total. The first-order valence-corrected chi connectivity index (χ1v) is 6.50. The van der Waals surface area contributed by atoms with Crippen LogP contribution in [0.2, 0.25) is 5.02 Å². The van der Waals surface area contributed by atoms with Crippen LogP contribution in [0.5, 0.6) is 0 Å². The zero-order valence-corrected chi connectivity index (χ0v) is 11.0. The van der Waals surface area contributed by atoms with Gasteiger partial charge in [0.2, 0.25) is 5.89 Å². The minimum Gasteiger partial charge on any atom is -0.436 e. The molecule has 0 unspecified atom stereocenters. The van der Waals surface area contributed by atoms with Crippen LogP contribution in [0.1, 0.15) is 5.56 Å². The number of nitrogens with zero attached hydrogens (tertiary/aromatic N) is 1. The number of oxazole rings is 1. The number of benzene rings is 2. The Kier molecular flexibility index (Phi) is 3.23. The summed E-state index contributed by atoms with van der Waals surface area (Å²) >= 11 is 6.15. The third-order valence-corrected chi connectivity index (χ3v) is 3.32. The highest BCUT2D eigenvalue weighted by atomic mass is 35.5. The smallest absolute Gasteiger partial charge is 0.228 e. The van der Waals surface area contributed by atoms with Gasteiger partial charge in [0, 0.05) is 0 Å². The normalized spacial score (nSPS) is 11.1. The highest BCUT2D eigenvalue weighted by Gasteiger charge is 2.11. The predicted octanol–water partition coefficient (Wildman–Crippen LogP) is 3.65. The molecule has 0 saturated heterocycles. The van der Waals surface area contributed by atoms with Crippen molar-refractivity contribution in [2.24, 2.45) is 5.73 Å². The van der Waals surface area contributed by atoms with Crippen molar-refractivity contribution >= 4 is 22.7 Å². The molecule has 96 valence electrons. The van der Waals surface area contributed by atoms with E-state index in [1.807, 2.05) is 42.5 Å². The van der Waals surface area contributed by atoms with Crippen molar-refractivity contribution < 1.29 is 4.42 Å². The van der Waals surface area contributed by atoms with Crippen LogP contribution in [-0.4, -0.2) is 11.5 Å². The third-order valence-electron chi connectivity index (χ3n) is 2.99. The van der Waals surface area contributed by atoms with Gasteiger partial charge >= 0.3 is 0 Å². The maximum Gasteiger partial charge on any atom is 0.228 e. The number of hydrogen-bond donors (Lipinski definition) is 1. The van der Waals surface area contributed by atoms with Crippen LogP contribution in [-0.2, 0) is 6.42 Å². The average Bonchev–Trinajstić information content (AvgIpc) is 2.82. The fourth-order valence-corrected chi connectivity index (χ4v) is 2.26. The van der Waals surface area contributed by atoms with E-state index in [-0.39, 0.29) is 0 Å². The summed E-state index contributed by atoms with van der Waals surface area (Å²) in [6, 6.07) is 13.5. The fourth-order valence-electron chi connectivity index (χ4n) is 2.05. The number of rotatable bonds is 3. The standard InChI is InChI=1S/C15H13ClN2O/c16-12-4-2-1-3-11(12)15-18-13-9-10(7-8-17)5-6-14(13)19-15/h1-6,9H,7-8,17H2. The lowest BCUT2D eigenvalue weighted by atomic mass is 10.1. The van der Waals surface area contributed by atoms with E-state index < -0.39 is 0 Å². The Balaban J connectivity index is 2.09. The van der Waals surface area contributed by atoms with Gasteiger partial charge in [-0.25, -0.2) is 4.98 Å². The van der Waals surface area contributed by atoms with Crippen molar-refractivity contribution in [1.29, 1.82) is 0 Å². The molecule has 0 atom stereocenters. The first-order chi connectivity index (χ1) is 9.28. The van der Waals surface area contributed by atoms with Crippen molar-refractivity contribution in [3.05, 3.63) is 53.1 Å². The van der Waals surface area contributed by atoms with E-state index in [1.54, 1.807) is 0 Å². The van der Waals surface area contributed by atoms with Crippen molar-refractivity contribution in [1.82, 2.24) is 4.98 Å². The Hall–Kier alpha value is -1.84. The molecule has 4 heteroatoms. The van der Waals surface area contributed by atoms with E-state index in [4.69, 9.17) is 21.8 Å². The van der Waals surface area contributed by atoms with Crippen molar-refractivity contribution in [2.45, 2.75) is 6.42 Å². The van der Waals surface area contributed by atoms with Gasteiger partial charge in [0.05, 0.1) is 10.6 Å². The molecule has 0 fully saturated rings. The van der Waals surface area contributed by atoms with Crippen molar-refractivity contribution in [3.8, 4) is 11.5 Å². The highest BCUT2D eigenvalue weighted by Crippen LogP contribution is 2.29. The minimum absolute atomic E-state index is 0.547. The number of aromatic nitrogens is 1. The van der Waals surface area contributed by atoms with Crippen LogP contribution in [0.3, 0.4) is 0 Å². The molecule has 0 amide bonds. The number of fused-ring (bicyclic) bond motifs is 1. The van der Waals surface area contributed by atoms with Crippen LogP contribution in [0.25, 0.3) is 22.6 Å². The second-order valence-electron chi connectivity index (χ2n) is 4.34.